The Balaban J connectivity index is 3.35. The average Bonchev–Trinajstić information content (AvgIpc) is 2.45. The second kappa shape index (κ2) is 7.53. The largest absolute Gasteiger partial charge is 0.496 e. The minimum atomic E-state index is -0.369. The number of nitro groups is 1. The maximum atomic E-state index is 10.9. The van der Waals surface area contributed by atoms with Crippen molar-refractivity contribution in [2.75, 3.05) is 14.2 Å². The van der Waals surface area contributed by atoms with E-state index < -0.39 is 0 Å². The van der Waals surface area contributed by atoms with Gasteiger partial charge in [-0.1, -0.05) is 20.3 Å². The van der Waals surface area contributed by atoms with Crippen LogP contribution in [0.25, 0.3) is 6.08 Å². The monoisotopic (exact) mass is 279 g/mol. The molecular weight excluding hydrogens is 258 g/mol. The van der Waals surface area contributed by atoms with Crippen LogP contribution < -0.4 is 9.47 Å². The van der Waals surface area contributed by atoms with E-state index in [1.807, 2.05) is 6.07 Å². The summed E-state index contributed by atoms with van der Waals surface area (Å²) in [5.74, 6) is 1.36. The molecule has 0 atom stereocenters. The van der Waals surface area contributed by atoms with Crippen LogP contribution in [0.4, 0.5) is 0 Å². The first-order valence-electron chi connectivity index (χ1n) is 6.67. The van der Waals surface area contributed by atoms with Gasteiger partial charge in [-0.3, -0.25) is 10.1 Å². The number of hydrogen-bond donors (Lipinski definition) is 0. The summed E-state index contributed by atoms with van der Waals surface area (Å²) in [5, 5.41) is 10.9. The first-order valence-corrected chi connectivity index (χ1v) is 6.67. The van der Waals surface area contributed by atoms with Crippen LogP contribution in [0.2, 0.25) is 0 Å². The van der Waals surface area contributed by atoms with Crippen molar-refractivity contribution >= 4 is 6.08 Å². The van der Waals surface area contributed by atoms with Crippen molar-refractivity contribution in [1.29, 1.82) is 0 Å². The molecule has 0 N–H and O–H groups in total. The van der Waals surface area contributed by atoms with Gasteiger partial charge in [0.05, 0.1) is 19.1 Å². The smallest absolute Gasteiger partial charge is 0.246 e. The molecule has 5 nitrogen and oxygen atoms in total. The Hall–Kier alpha value is -2.04. The van der Waals surface area contributed by atoms with Crippen molar-refractivity contribution in [2.24, 2.45) is 0 Å². The van der Waals surface area contributed by atoms with E-state index in [1.165, 1.54) is 6.08 Å². The summed E-state index contributed by atoms with van der Waals surface area (Å²) in [6, 6.07) is 3.68. The molecule has 0 amide bonds. The van der Waals surface area contributed by atoms with Crippen LogP contribution in [0, 0.1) is 10.1 Å². The number of allylic oxidation sites excluding steroid dienone is 1. The number of hydrogen-bond acceptors (Lipinski definition) is 4. The molecule has 0 bridgehead atoms. The van der Waals surface area contributed by atoms with Gasteiger partial charge >= 0.3 is 0 Å². The quantitative estimate of drug-likeness (QED) is 0.564. The Kier molecular flexibility index (Phi) is 6.03. The summed E-state index contributed by atoms with van der Waals surface area (Å²) in [6.07, 6.45) is 3.76. The van der Waals surface area contributed by atoms with Gasteiger partial charge in [-0.2, -0.15) is 0 Å². The number of aryl methyl sites for hydroxylation is 1. The van der Waals surface area contributed by atoms with Gasteiger partial charge in [0.1, 0.15) is 11.5 Å². The zero-order valence-corrected chi connectivity index (χ0v) is 12.4. The van der Waals surface area contributed by atoms with Crippen LogP contribution in [-0.2, 0) is 6.42 Å². The molecule has 1 rings (SSSR count). The Morgan fingerprint density at radius 3 is 2.35 bits per heavy atom. The molecule has 0 radical (unpaired) electrons. The van der Waals surface area contributed by atoms with Gasteiger partial charge in [0.15, 0.2) is 0 Å². The Morgan fingerprint density at radius 2 is 1.90 bits per heavy atom. The second-order valence-electron chi connectivity index (χ2n) is 4.40. The number of rotatable bonds is 7. The van der Waals surface area contributed by atoms with E-state index in [2.05, 4.69) is 6.92 Å². The summed E-state index contributed by atoms with van der Waals surface area (Å²) in [5.41, 5.74) is 1.86. The topological polar surface area (TPSA) is 61.6 Å². The summed E-state index contributed by atoms with van der Waals surface area (Å²) in [6.45, 7) is 3.84. The summed E-state index contributed by atoms with van der Waals surface area (Å²) in [7, 11) is 3.16. The number of methoxy groups -OCH3 is 2. The van der Waals surface area contributed by atoms with Gasteiger partial charge in [-0.25, -0.2) is 0 Å². The molecule has 1 aromatic rings. The van der Waals surface area contributed by atoms with Crippen LogP contribution in [0.15, 0.2) is 17.8 Å². The lowest BCUT2D eigenvalue weighted by molar-refractivity contribution is -0.425. The third-order valence-electron chi connectivity index (χ3n) is 3.07. The lowest BCUT2D eigenvalue weighted by Crippen LogP contribution is -1.99. The fourth-order valence-corrected chi connectivity index (χ4v) is 2.03. The van der Waals surface area contributed by atoms with Crippen molar-refractivity contribution in [3.63, 3.8) is 0 Å². The molecule has 0 saturated heterocycles. The van der Waals surface area contributed by atoms with Gasteiger partial charge in [0.25, 0.3) is 0 Å². The first-order chi connectivity index (χ1) is 9.57. The van der Waals surface area contributed by atoms with Gasteiger partial charge < -0.3 is 9.47 Å². The van der Waals surface area contributed by atoms with E-state index in [-0.39, 0.29) is 10.6 Å². The van der Waals surface area contributed by atoms with E-state index in [1.54, 1.807) is 27.2 Å². The predicted molar refractivity (Wildman–Crippen MR) is 78.8 cm³/mol. The van der Waals surface area contributed by atoms with Gasteiger partial charge in [0, 0.05) is 18.1 Å². The molecule has 110 valence electrons. The van der Waals surface area contributed by atoms with Crippen LogP contribution in [0.5, 0.6) is 11.5 Å². The molecule has 0 fully saturated rings. The van der Waals surface area contributed by atoms with Gasteiger partial charge in [0.2, 0.25) is 5.70 Å². The lowest BCUT2D eigenvalue weighted by Gasteiger charge is -2.12. The highest BCUT2D eigenvalue weighted by Crippen LogP contribution is 2.31. The molecule has 0 aliphatic carbocycles. The van der Waals surface area contributed by atoms with Crippen molar-refractivity contribution in [3.05, 3.63) is 39.1 Å². The maximum absolute atomic E-state index is 10.9. The minimum Gasteiger partial charge on any atom is -0.496 e. The standard InChI is InChI=1S/C15H21NO4/c1-5-7-11-9-15(20-4)12(10-14(11)19-3)8-13(6-2)16(17)18/h8-10H,5-7H2,1-4H3/b13-8+. The average molecular weight is 279 g/mol. The highest BCUT2D eigenvalue weighted by atomic mass is 16.6. The molecule has 1 aromatic carbocycles. The first kappa shape index (κ1) is 16.0. The van der Waals surface area contributed by atoms with Crippen molar-refractivity contribution in [3.8, 4) is 11.5 Å². The number of benzene rings is 1. The molecule has 20 heavy (non-hydrogen) atoms. The summed E-state index contributed by atoms with van der Waals surface area (Å²) < 4.78 is 10.7. The molecule has 0 heterocycles. The van der Waals surface area contributed by atoms with E-state index in [9.17, 15) is 10.1 Å². The molecule has 5 heteroatoms. The zero-order chi connectivity index (χ0) is 15.1. The number of ether oxygens (including phenoxy) is 2. The molecule has 0 unspecified atom stereocenters. The third kappa shape index (κ3) is 3.73. The molecular formula is C15H21NO4. The SMILES string of the molecule is CCCc1cc(OC)c(/C=C(\CC)[N+](=O)[O-])cc1OC. The molecule has 0 saturated carbocycles. The molecule has 0 aliphatic rings. The van der Waals surface area contributed by atoms with Crippen molar-refractivity contribution in [2.45, 2.75) is 33.1 Å². The normalized spacial score (nSPS) is 11.3. The Bertz CT molecular complexity index is 509. The summed E-state index contributed by atoms with van der Waals surface area (Å²) in [4.78, 5) is 10.6. The van der Waals surface area contributed by atoms with Crippen LogP contribution in [-0.4, -0.2) is 19.1 Å². The Labute approximate surface area is 119 Å². The van der Waals surface area contributed by atoms with E-state index in [4.69, 9.17) is 9.47 Å². The minimum absolute atomic E-state index is 0.147. The fourth-order valence-electron chi connectivity index (χ4n) is 2.03. The Morgan fingerprint density at radius 1 is 1.25 bits per heavy atom. The van der Waals surface area contributed by atoms with Gasteiger partial charge in [-0.05, 0) is 24.1 Å². The van der Waals surface area contributed by atoms with Crippen LogP contribution in [0.3, 0.4) is 0 Å². The summed E-state index contributed by atoms with van der Waals surface area (Å²) >= 11 is 0. The molecule has 0 spiro atoms. The molecule has 0 aliphatic heterocycles. The highest BCUT2D eigenvalue weighted by Gasteiger charge is 2.13. The fraction of sp³-hybridized carbons (Fsp3) is 0.467. The van der Waals surface area contributed by atoms with Gasteiger partial charge in [-0.15, -0.1) is 0 Å². The van der Waals surface area contributed by atoms with E-state index >= 15 is 0 Å². The maximum Gasteiger partial charge on any atom is 0.246 e. The highest BCUT2D eigenvalue weighted by molar-refractivity contribution is 5.62. The number of nitrogens with zero attached hydrogens (tertiary/aromatic N) is 1. The van der Waals surface area contributed by atoms with Crippen LogP contribution >= 0.6 is 0 Å². The van der Waals surface area contributed by atoms with Crippen molar-refractivity contribution < 1.29 is 14.4 Å². The van der Waals surface area contributed by atoms with Crippen molar-refractivity contribution in [1.82, 2.24) is 0 Å². The van der Waals surface area contributed by atoms with E-state index in [0.717, 1.165) is 24.2 Å². The van der Waals surface area contributed by atoms with Crippen LogP contribution in [0.1, 0.15) is 37.8 Å². The third-order valence-corrected chi connectivity index (χ3v) is 3.07. The van der Waals surface area contributed by atoms with E-state index in [0.29, 0.717) is 17.7 Å². The zero-order valence-electron chi connectivity index (χ0n) is 12.4. The predicted octanol–water partition coefficient (Wildman–Crippen LogP) is 3.68. The molecule has 0 aromatic heterocycles. The lowest BCUT2D eigenvalue weighted by atomic mass is 10.0. The second-order valence-corrected chi connectivity index (χ2v) is 4.40.